The van der Waals surface area contributed by atoms with Gasteiger partial charge in [0.2, 0.25) is 11.6 Å². The molecular formula is C17H21N7O2. The summed E-state index contributed by atoms with van der Waals surface area (Å²) in [6.45, 7) is 2.22. The summed E-state index contributed by atoms with van der Waals surface area (Å²) in [5.74, 6) is 0.360. The molecule has 0 aromatic carbocycles. The van der Waals surface area contributed by atoms with Crippen LogP contribution in [0.25, 0.3) is 11.2 Å². The summed E-state index contributed by atoms with van der Waals surface area (Å²) >= 11 is 0. The fourth-order valence-corrected chi connectivity index (χ4v) is 3.31. The van der Waals surface area contributed by atoms with Gasteiger partial charge in [0.1, 0.15) is 0 Å². The number of pyridine rings is 1. The van der Waals surface area contributed by atoms with Gasteiger partial charge >= 0.3 is 0 Å². The van der Waals surface area contributed by atoms with Crippen molar-refractivity contribution >= 4 is 23.2 Å². The number of amides is 1. The van der Waals surface area contributed by atoms with Crippen LogP contribution in [0.1, 0.15) is 25.0 Å². The molecule has 1 amide bonds. The molecular weight excluding hydrogens is 334 g/mol. The largest absolute Gasteiger partial charge is 0.422 e. The van der Waals surface area contributed by atoms with E-state index in [0.29, 0.717) is 42.5 Å². The topological polar surface area (TPSA) is 113 Å². The lowest BCUT2D eigenvalue weighted by molar-refractivity contribution is -0.122. The van der Waals surface area contributed by atoms with Gasteiger partial charge in [0.15, 0.2) is 5.58 Å². The molecule has 2 N–H and O–H groups in total. The first-order valence-electron chi connectivity index (χ1n) is 8.86. The normalized spacial score (nSPS) is 17.5. The average Bonchev–Trinajstić information content (AvgIpc) is 3.31. The number of rotatable bonds is 6. The minimum absolute atomic E-state index is 0.0691. The van der Waals surface area contributed by atoms with Crippen molar-refractivity contribution in [1.82, 2.24) is 30.7 Å². The zero-order valence-corrected chi connectivity index (χ0v) is 14.4. The molecule has 1 aliphatic rings. The number of H-pyrrole nitrogens is 1. The standard InChI is InChI=1S/C17H21N7O2/c25-15(18-7-5-13-10-20-23-22-13)9-12-3-2-8-24(11-12)17-21-16-14(26-17)4-1-6-19-16/h1,4,6,10,12H,2-3,5,7-9,11H2,(H,18,25)(H,20,22,23). The van der Waals surface area contributed by atoms with Gasteiger partial charge in [-0.05, 0) is 30.9 Å². The monoisotopic (exact) mass is 355 g/mol. The summed E-state index contributed by atoms with van der Waals surface area (Å²) in [7, 11) is 0. The summed E-state index contributed by atoms with van der Waals surface area (Å²) in [5, 5.41) is 13.2. The van der Waals surface area contributed by atoms with Crippen molar-refractivity contribution in [3.05, 3.63) is 30.2 Å². The molecule has 9 heteroatoms. The van der Waals surface area contributed by atoms with Crippen LogP contribution >= 0.6 is 0 Å². The molecule has 0 spiro atoms. The third-order valence-electron chi connectivity index (χ3n) is 4.59. The van der Waals surface area contributed by atoms with E-state index in [1.165, 1.54) is 0 Å². The summed E-state index contributed by atoms with van der Waals surface area (Å²) in [6.07, 6.45) is 6.61. The number of nitrogens with one attached hydrogen (secondary N) is 2. The van der Waals surface area contributed by atoms with Gasteiger partial charge in [-0.25, -0.2) is 4.98 Å². The number of fused-ring (bicyclic) bond motifs is 1. The first-order chi connectivity index (χ1) is 12.8. The maximum Gasteiger partial charge on any atom is 0.299 e. The molecule has 136 valence electrons. The van der Waals surface area contributed by atoms with E-state index < -0.39 is 0 Å². The van der Waals surface area contributed by atoms with Gasteiger partial charge in [0.25, 0.3) is 6.01 Å². The second kappa shape index (κ2) is 7.51. The smallest absolute Gasteiger partial charge is 0.299 e. The van der Waals surface area contributed by atoms with E-state index in [2.05, 4.69) is 35.6 Å². The average molecular weight is 355 g/mol. The predicted molar refractivity (Wildman–Crippen MR) is 94.5 cm³/mol. The van der Waals surface area contributed by atoms with Gasteiger partial charge in [-0.15, -0.1) is 0 Å². The van der Waals surface area contributed by atoms with Crippen LogP contribution in [-0.2, 0) is 11.2 Å². The molecule has 0 saturated carbocycles. The number of aromatic amines is 1. The highest BCUT2D eigenvalue weighted by molar-refractivity contribution is 5.76. The molecule has 9 nitrogen and oxygen atoms in total. The van der Waals surface area contributed by atoms with Crippen LogP contribution in [0.2, 0.25) is 0 Å². The molecule has 4 heterocycles. The Hall–Kier alpha value is -2.97. The fraction of sp³-hybridized carbons (Fsp3) is 0.471. The molecule has 1 aliphatic heterocycles. The Bertz CT molecular complexity index is 828. The number of carbonyl (C=O) groups excluding carboxylic acids is 1. The maximum absolute atomic E-state index is 12.2. The molecule has 1 saturated heterocycles. The number of hydrogen-bond donors (Lipinski definition) is 2. The fourth-order valence-electron chi connectivity index (χ4n) is 3.31. The molecule has 0 bridgehead atoms. The van der Waals surface area contributed by atoms with Gasteiger partial charge in [0, 0.05) is 38.7 Å². The van der Waals surface area contributed by atoms with E-state index in [9.17, 15) is 4.79 Å². The van der Waals surface area contributed by atoms with Gasteiger partial charge < -0.3 is 14.6 Å². The molecule has 26 heavy (non-hydrogen) atoms. The van der Waals surface area contributed by atoms with Crippen LogP contribution in [0, 0.1) is 5.92 Å². The van der Waals surface area contributed by atoms with E-state index in [1.54, 1.807) is 12.4 Å². The van der Waals surface area contributed by atoms with Crippen LogP contribution in [-0.4, -0.2) is 50.9 Å². The minimum atomic E-state index is 0.0691. The Kier molecular flexibility index (Phi) is 4.76. The number of hydrogen-bond acceptors (Lipinski definition) is 7. The van der Waals surface area contributed by atoms with Crippen LogP contribution < -0.4 is 10.2 Å². The highest BCUT2D eigenvalue weighted by Crippen LogP contribution is 2.26. The summed E-state index contributed by atoms with van der Waals surface area (Å²) in [4.78, 5) is 23.0. The first-order valence-corrected chi connectivity index (χ1v) is 8.86. The lowest BCUT2D eigenvalue weighted by Gasteiger charge is -2.31. The zero-order chi connectivity index (χ0) is 17.8. The van der Waals surface area contributed by atoms with E-state index in [1.807, 2.05) is 12.1 Å². The number of oxazole rings is 1. The number of anilines is 1. The Morgan fingerprint density at radius 2 is 2.42 bits per heavy atom. The Labute approximate surface area is 150 Å². The maximum atomic E-state index is 12.2. The van der Waals surface area contributed by atoms with E-state index >= 15 is 0 Å². The Balaban J connectivity index is 1.29. The van der Waals surface area contributed by atoms with Crippen molar-refractivity contribution in [3.8, 4) is 0 Å². The molecule has 4 rings (SSSR count). The van der Waals surface area contributed by atoms with Crippen molar-refractivity contribution in [2.45, 2.75) is 25.7 Å². The third kappa shape index (κ3) is 3.81. The highest BCUT2D eigenvalue weighted by atomic mass is 16.4. The van der Waals surface area contributed by atoms with E-state index in [-0.39, 0.29) is 5.91 Å². The summed E-state index contributed by atoms with van der Waals surface area (Å²) in [6, 6.07) is 4.29. The van der Waals surface area contributed by atoms with Crippen molar-refractivity contribution in [2.75, 3.05) is 24.5 Å². The van der Waals surface area contributed by atoms with Crippen LogP contribution in [0.4, 0.5) is 6.01 Å². The Morgan fingerprint density at radius 3 is 3.27 bits per heavy atom. The quantitative estimate of drug-likeness (QED) is 0.685. The highest BCUT2D eigenvalue weighted by Gasteiger charge is 2.25. The number of piperidine rings is 1. The van der Waals surface area contributed by atoms with Crippen molar-refractivity contribution in [1.29, 1.82) is 0 Å². The molecule has 3 aromatic rings. The zero-order valence-electron chi connectivity index (χ0n) is 14.4. The molecule has 0 radical (unpaired) electrons. The number of nitrogens with zero attached hydrogens (tertiary/aromatic N) is 5. The van der Waals surface area contributed by atoms with Crippen molar-refractivity contribution in [2.24, 2.45) is 5.92 Å². The van der Waals surface area contributed by atoms with Crippen molar-refractivity contribution in [3.63, 3.8) is 0 Å². The van der Waals surface area contributed by atoms with Gasteiger partial charge in [-0.1, -0.05) is 0 Å². The van der Waals surface area contributed by atoms with Crippen LogP contribution in [0.3, 0.4) is 0 Å². The second-order valence-corrected chi connectivity index (χ2v) is 6.54. The number of aromatic nitrogens is 5. The third-order valence-corrected chi connectivity index (χ3v) is 4.59. The predicted octanol–water partition coefficient (Wildman–Crippen LogP) is 1.31. The molecule has 1 atom stereocenters. The Morgan fingerprint density at radius 1 is 1.46 bits per heavy atom. The first kappa shape index (κ1) is 16.5. The van der Waals surface area contributed by atoms with Crippen LogP contribution in [0.15, 0.2) is 28.9 Å². The van der Waals surface area contributed by atoms with Gasteiger partial charge in [-0.2, -0.15) is 20.4 Å². The van der Waals surface area contributed by atoms with Gasteiger partial charge in [-0.3, -0.25) is 4.79 Å². The lowest BCUT2D eigenvalue weighted by atomic mass is 9.94. The SMILES string of the molecule is O=C(CC1CCCN(c2nc3ncccc3o2)C1)NCCc1cn[nH]n1. The van der Waals surface area contributed by atoms with Gasteiger partial charge in [0.05, 0.1) is 11.9 Å². The second-order valence-electron chi connectivity index (χ2n) is 6.54. The molecule has 3 aromatic heterocycles. The lowest BCUT2D eigenvalue weighted by Crippen LogP contribution is -2.38. The molecule has 1 fully saturated rings. The summed E-state index contributed by atoms with van der Waals surface area (Å²) < 4.78 is 5.80. The van der Waals surface area contributed by atoms with E-state index in [0.717, 1.165) is 31.6 Å². The van der Waals surface area contributed by atoms with Crippen LogP contribution in [0.5, 0.6) is 0 Å². The molecule has 1 unspecified atom stereocenters. The molecule has 0 aliphatic carbocycles. The number of carbonyl (C=O) groups is 1. The van der Waals surface area contributed by atoms with Crippen molar-refractivity contribution < 1.29 is 9.21 Å². The minimum Gasteiger partial charge on any atom is -0.422 e. The van der Waals surface area contributed by atoms with E-state index in [4.69, 9.17) is 4.42 Å². The summed E-state index contributed by atoms with van der Waals surface area (Å²) in [5.41, 5.74) is 2.16.